The van der Waals surface area contributed by atoms with E-state index in [1.54, 1.807) is 32.4 Å². The number of carbonyl (C=O) groups excluding carboxylic acids is 1. The lowest BCUT2D eigenvalue weighted by molar-refractivity contribution is 0.0827. The number of hydrogen-bond donors (Lipinski definition) is 1. The molecule has 2 heterocycles. The minimum absolute atomic E-state index is 0.0740. The molecule has 8 nitrogen and oxygen atoms in total. The highest BCUT2D eigenvalue weighted by atomic mass is 35.5. The number of nitrogens with two attached hydrogens (primary N) is 1. The Morgan fingerprint density at radius 1 is 1.19 bits per heavy atom. The Hall–Kier alpha value is -3.91. The van der Waals surface area contributed by atoms with Gasteiger partial charge in [-0.1, -0.05) is 23.7 Å². The van der Waals surface area contributed by atoms with Gasteiger partial charge in [-0.05, 0) is 50.1 Å². The normalized spacial score (nSPS) is 11.9. The fraction of sp³-hybridized carbons (Fsp3) is 0.259. The maximum absolute atomic E-state index is 12.5. The van der Waals surface area contributed by atoms with Crippen molar-refractivity contribution in [1.29, 1.82) is 0 Å². The van der Waals surface area contributed by atoms with Gasteiger partial charge in [-0.25, -0.2) is 9.97 Å². The Morgan fingerprint density at radius 2 is 1.89 bits per heavy atom. The molecule has 0 radical (unpaired) electrons. The molecule has 186 valence electrons. The average molecular weight is 506 g/mol. The highest BCUT2D eigenvalue weighted by Crippen LogP contribution is 2.43. The molecule has 1 atom stereocenters. The predicted molar refractivity (Wildman–Crippen MR) is 143 cm³/mol. The van der Waals surface area contributed by atoms with Crippen LogP contribution in [0.25, 0.3) is 22.2 Å². The van der Waals surface area contributed by atoms with Crippen LogP contribution in [-0.2, 0) is 0 Å². The van der Waals surface area contributed by atoms with Gasteiger partial charge in [0, 0.05) is 48.1 Å². The predicted octanol–water partition coefficient (Wildman–Crippen LogP) is 4.71. The van der Waals surface area contributed by atoms with Crippen LogP contribution in [-0.4, -0.2) is 46.0 Å². The number of halogens is 1. The minimum atomic E-state index is -0.310. The van der Waals surface area contributed by atoms with Crippen molar-refractivity contribution in [3.05, 3.63) is 80.9 Å². The summed E-state index contributed by atoms with van der Waals surface area (Å²) in [6.45, 7) is 6.28. The minimum Gasteiger partial charge on any atom is -0.493 e. The van der Waals surface area contributed by atoms with Gasteiger partial charge in [-0.3, -0.25) is 9.59 Å². The van der Waals surface area contributed by atoms with Crippen molar-refractivity contribution in [2.24, 2.45) is 0 Å². The van der Waals surface area contributed by atoms with Crippen molar-refractivity contribution < 1.29 is 9.53 Å². The van der Waals surface area contributed by atoms with Gasteiger partial charge in [0.05, 0.1) is 12.6 Å². The Bertz CT molecular complexity index is 1510. The summed E-state index contributed by atoms with van der Waals surface area (Å²) in [5, 5.41) is 0.840. The zero-order valence-electron chi connectivity index (χ0n) is 20.9. The van der Waals surface area contributed by atoms with E-state index in [0.717, 1.165) is 22.3 Å². The van der Waals surface area contributed by atoms with Crippen molar-refractivity contribution in [2.75, 3.05) is 26.4 Å². The molecule has 0 aliphatic rings. The van der Waals surface area contributed by atoms with Crippen LogP contribution in [0.3, 0.4) is 0 Å². The lowest BCUT2D eigenvalue weighted by Gasteiger charge is -2.25. The van der Waals surface area contributed by atoms with Crippen LogP contribution < -0.4 is 15.9 Å². The molecule has 4 aromatic rings. The first-order valence-corrected chi connectivity index (χ1v) is 11.9. The Labute approximate surface area is 214 Å². The number of hydrogen-bond acceptors (Lipinski definition) is 6. The van der Waals surface area contributed by atoms with E-state index in [2.05, 4.69) is 9.97 Å². The molecule has 0 fully saturated rings. The van der Waals surface area contributed by atoms with Gasteiger partial charge >= 0.3 is 0 Å². The highest BCUT2D eigenvalue weighted by molar-refractivity contribution is 6.32. The molecule has 0 aliphatic carbocycles. The van der Waals surface area contributed by atoms with Crippen molar-refractivity contribution in [2.45, 2.75) is 26.8 Å². The molecule has 2 aromatic carbocycles. The molecule has 2 aromatic heterocycles. The van der Waals surface area contributed by atoms with Gasteiger partial charge < -0.3 is 19.9 Å². The SMILES string of the molecule is CCOc1c(C(C)n2ccc(=O)c3c(N)ncnc32)cc(Cl)c(C)c1-c1ccc(C(=O)N(C)C)cc1. The van der Waals surface area contributed by atoms with Gasteiger partial charge in [0.15, 0.2) is 5.43 Å². The summed E-state index contributed by atoms with van der Waals surface area (Å²) < 4.78 is 8.07. The Balaban J connectivity index is 1.93. The first-order chi connectivity index (χ1) is 17.1. The van der Waals surface area contributed by atoms with E-state index >= 15 is 0 Å². The second-order valence-electron chi connectivity index (χ2n) is 8.71. The molecule has 36 heavy (non-hydrogen) atoms. The second-order valence-corrected chi connectivity index (χ2v) is 9.11. The third-order valence-corrected chi connectivity index (χ3v) is 6.61. The van der Waals surface area contributed by atoms with Crippen LogP contribution in [0.1, 0.15) is 41.4 Å². The zero-order chi connectivity index (χ0) is 26.1. The van der Waals surface area contributed by atoms with Gasteiger partial charge in [-0.2, -0.15) is 0 Å². The van der Waals surface area contributed by atoms with Crippen LogP contribution in [0.15, 0.2) is 53.7 Å². The van der Waals surface area contributed by atoms with Crippen molar-refractivity contribution >= 4 is 34.4 Å². The average Bonchev–Trinajstić information content (AvgIpc) is 2.86. The Morgan fingerprint density at radius 3 is 2.53 bits per heavy atom. The van der Waals surface area contributed by atoms with E-state index in [0.29, 0.717) is 28.6 Å². The third-order valence-electron chi connectivity index (χ3n) is 6.22. The molecule has 0 saturated heterocycles. The monoisotopic (exact) mass is 505 g/mol. The molecule has 0 spiro atoms. The van der Waals surface area contributed by atoms with Crippen molar-refractivity contribution in [3.63, 3.8) is 0 Å². The topological polar surface area (TPSA) is 103 Å². The fourth-order valence-corrected chi connectivity index (χ4v) is 4.54. The van der Waals surface area contributed by atoms with E-state index in [-0.39, 0.29) is 28.6 Å². The van der Waals surface area contributed by atoms with Gasteiger partial charge in [0.25, 0.3) is 5.91 Å². The number of ether oxygens (including phenoxy) is 1. The molecule has 0 bridgehead atoms. The number of aromatic nitrogens is 3. The number of amides is 1. The van der Waals surface area contributed by atoms with Crippen molar-refractivity contribution in [1.82, 2.24) is 19.4 Å². The smallest absolute Gasteiger partial charge is 0.253 e. The number of fused-ring (bicyclic) bond motifs is 1. The number of nitrogen functional groups attached to an aromatic ring is 1. The number of nitrogens with zero attached hydrogens (tertiary/aromatic N) is 4. The van der Waals surface area contributed by atoms with E-state index in [1.807, 2.05) is 43.5 Å². The maximum atomic E-state index is 12.5. The van der Waals surface area contributed by atoms with E-state index in [9.17, 15) is 9.59 Å². The maximum Gasteiger partial charge on any atom is 0.253 e. The summed E-state index contributed by atoms with van der Waals surface area (Å²) in [4.78, 5) is 34.7. The van der Waals surface area contributed by atoms with Crippen LogP contribution in [0.4, 0.5) is 5.82 Å². The number of anilines is 1. The third kappa shape index (κ3) is 4.40. The molecule has 1 unspecified atom stereocenters. The molecular formula is C27H28ClN5O3. The van der Waals surface area contributed by atoms with Gasteiger partial charge in [-0.15, -0.1) is 0 Å². The summed E-state index contributed by atoms with van der Waals surface area (Å²) in [5.41, 5.74) is 10.2. The largest absolute Gasteiger partial charge is 0.493 e. The first-order valence-electron chi connectivity index (χ1n) is 11.5. The molecule has 9 heteroatoms. The number of pyridine rings is 1. The summed E-state index contributed by atoms with van der Waals surface area (Å²) >= 11 is 6.74. The molecule has 4 rings (SSSR count). The van der Waals surface area contributed by atoms with Gasteiger partial charge in [0.2, 0.25) is 0 Å². The van der Waals surface area contributed by atoms with Crippen LogP contribution in [0, 0.1) is 6.92 Å². The number of rotatable bonds is 6. The van der Waals surface area contributed by atoms with Crippen LogP contribution in [0.5, 0.6) is 5.75 Å². The summed E-state index contributed by atoms with van der Waals surface area (Å²) in [6, 6.07) is 10.4. The zero-order valence-corrected chi connectivity index (χ0v) is 21.6. The number of carbonyl (C=O) groups is 1. The lowest BCUT2D eigenvalue weighted by Crippen LogP contribution is -2.21. The summed E-state index contributed by atoms with van der Waals surface area (Å²) in [6.07, 6.45) is 3.03. The molecule has 1 amide bonds. The lowest BCUT2D eigenvalue weighted by atomic mass is 9.93. The van der Waals surface area contributed by atoms with Crippen LogP contribution >= 0.6 is 11.6 Å². The molecule has 0 aliphatic heterocycles. The molecule has 0 saturated carbocycles. The van der Waals surface area contributed by atoms with Gasteiger partial charge in [0.1, 0.15) is 28.9 Å². The van der Waals surface area contributed by atoms with E-state index in [4.69, 9.17) is 22.1 Å². The Kier molecular flexibility index (Phi) is 6.99. The van der Waals surface area contributed by atoms with E-state index in [1.165, 1.54) is 17.3 Å². The van der Waals surface area contributed by atoms with Crippen LogP contribution in [0.2, 0.25) is 5.02 Å². The molecular weight excluding hydrogens is 478 g/mol. The summed E-state index contributed by atoms with van der Waals surface area (Å²) in [5.74, 6) is 0.731. The second kappa shape index (κ2) is 9.99. The molecule has 2 N–H and O–H groups in total. The summed E-state index contributed by atoms with van der Waals surface area (Å²) in [7, 11) is 3.44. The quantitative estimate of drug-likeness (QED) is 0.407. The van der Waals surface area contributed by atoms with E-state index < -0.39 is 0 Å². The highest BCUT2D eigenvalue weighted by Gasteiger charge is 2.24. The fourth-order valence-electron chi connectivity index (χ4n) is 4.33. The standard InChI is InChI=1S/C27H28ClN5O3/c1-6-36-24-19(16(3)33-12-11-21(34)23-25(29)30-14-31-26(23)33)13-20(28)15(2)22(24)17-7-9-18(10-8-17)27(35)32(4)5/h7-14,16H,6H2,1-5H3,(H2,29,30,31). The number of benzene rings is 2. The first kappa shape index (κ1) is 25.2. The van der Waals surface area contributed by atoms with Crippen molar-refractivity contribution in [3.8, 4) is 16.9 Å².